The highest BCUT2D eigenvalue weighted by molar-refractivity contribution is 7.89. The SMILES string of the molecule is Cc1ccccc1CN(C)S(=O)(=O)c1ccc(N)cc1Cl. The molecule has 0 bridgehead atoms. The van der Waals surface area contributed by atoms with E-state index < -0.39 is 10.0 Å². The number of benzene rings is 2. The first-order valence-electron chi connectivity index (χ1n) is 6.38. The Kier molecular flexibility index (Phi) is 4.56. The van der Waals surface area contributed by atoms with Crippen molar-refractivity contribution in [3.63, 3.8) is 0 Å². The molecule has 0 aliphatic carbocycles. The molecule has 2 rings (SSSR count). The van der Waals surface area contributed by atoms with Crippen LogP contribution >= 0.6 is 11.6 Å². The van der Waals surface area contributed by atoms with Gasteiger partial charge in [0.05, 0.1) is 5.02 Å². The van der Waals surface area contributed by atoms with Crippen LogP contribution in [0.1, 0.15) is 11.1 Å². The first-order chi connectivity index (χ1) is 9.82. The predicted octanol–water partition coefficient (Wildman–Crippen LogP) is 3.05. The van der Waals surface area contributed by atoms with Crippen molar-refractivity contribution in [1.29, 1.82) is 0 Å². The Morgan fingerprint density at radius 3 is 2.48 bits per heavy atom. The van der Waals surface area contributed by atoms with Crippen molar-refractivity contribution in [2.75, 3.05) is 12.8 Å². The van der Waals surface area contributed by atoms with E-state index in [2.05, 4.69) is 0 Å². The second kappa shape index (κ2) is 6.05. The van der Waals surface area contributed by atoms with Crippen molar-refractivity contribution in [2.45, 2.75) is 18.4 Å². The van der Waals surface area contributed by atoms with E-state index in [-0.39, 0.29) is 16.5 Å². The van der Waals surface area contributed by atoms with Crippen LogP contribution in [0.25, 0.3) is 0 Å². The van der Waals surface area contributed by atoms with E-state index in [1.54, 1.807) is 0 Å². The summed E-state index contributed by atoms with van der Waals surface area (Å²) in [6.45, 7) is 2.24. The number of aryl methyl sites for hydroxylation is 1. The van der Waals surface area contributed by atoms with Crippen LogP contribution in [0, 0.1) is 6.92 Å². The van der Waals surface area contributed by atoms with Gasteiger partial charge in [0.1, 0.15) is 4.90 Å². The monoisotopic (exact) mass is 324 g/mol. The molecule has 0 atom stereocenters. The van der Waals surface area contributed by atoms with Crippen LogP contribution in [0.5, 0.6) is 0 Å². The molecule has 2 aromatic rings. The maximum absolute atomic E-state index is 12.6. The summed E-state index contributed by atoms with van der Waals surface area (Å²) in [5, 5.41) is 0.131. The molecule has 0 amide bonds. The molecule has 2 aromatic carbocycles. The van der Waals surface area contributed by atoms with E-state index in [4.69, 9.17) is 17.3 Å². The summed E-state index contributed by atoms with van der Waals surface area (Å²) in [5.74, 6) is 0. The van der Waals surface area contributed by atoms with E-state index in [1.165, 1.54) is 29.6 Å². The van der Waals surface area contributed by atoms with Gasteiger partial charge in [0.2, 0.25) is 10.0 Å². The minimum absolute atomic E-state index is 0.0643. The molecule has 0 fully saturated rings. The lowest BCUT2D eigenvalue weighted by Crippen LogP contribution is -2.27. The highest BCUT2D eigenvalue weighted by Gasteiger charge is 2.24. The van der Waals surface area contributed by atoms with Gasteiger partial charge < -0.3 is 5.73 Å². The molecule has 112 valence electrons. The zero-order valence-corrected chi connectivity index (χ0v) is 13.4. The van der Waals surface area contributed by atoms with Gasteiger partial charge in [-0.3, -0.25) is 0 Å². The Balaban J connectivity index is 2.33. The third kappa shape index (κ3) is 3.37. The van der Waals surface area contributed by atoms with E-state index in [9.17, 15) is 8.42 Å². The summed E-state index contributed by atoms with van der Waals surface area (Å²) in [4.78, 5) is 0.0643. The molecule has 0 saturated heterocycles. The van der Waals surface area contributed by atoms with Crippen molar-refractivity contribution in [3.05, 3.63) is 58.6 Å². The predicted molar refractivity (Wildman–Crippen MR) is 85.7 cm³/mol. The molecule has 0 saturated carbocycles. The molecule has 0 aliphatic heterocycles. The standard InChI is InChI=1S/C15H17ClN2O2S/c1-11-5-3-4-6-12(11)10-18(2)21(19,20)15-8-7-13(17)9-14(15)16/h3-9H,10,17H2,1-2H3. The van der Waals surface area contributed by atoms with Crippen molar-refractivity contribution >= 4 is 27.3 Å². The molecule has 0 radical (unpaired) electrons. The Bertz CT molecular complexity index is 760. The van der Waals surface area contributed by atoms with Crippen LogP contribution in [0.2, 0.25) is 5.02 Å². The molecule has 0 heterocycles. The average Bonchev–Trinajstić information content (AvgIpc) is 2.40. The van der Waals surface area contributed by atoms with Gasteiger partial charge in [-0.1, -0.05) is 35.9 Å². The molecule has 0 aliphatic rings. The van der Waals surface area contributed by atoms with Gasteiger partial charge >= 0.3 is 0 Å². The minimum Gasteiger partial charge on any atom is -0.399 e. The molecule has 6 heteroatoms. The fourth-order valence-corrected chi connectivity index (χ4v) is 3.68. The van der Waals surface area contributed by atoms with Crippen LogP contribution < -0.4 is 5.73 Å². The number of halogens is 1. The Hall–Kier alpha value is -1.56. The fraction of sp³-hybridized carbons (Fsp3) is 0.200. The smallest absolute Gasteiger partial charge is 0.244 e. The molecule has 0 unspecified atom stereocenters. The third-order valence-corrected chi connectivity index (χ3v) is 5.58. The van der Waals surface area contributed by atoms with E-state index >= 15 is 0 Å². The fourth-order valence-electron chi connectivity index (χ4n) is 2.01. The van der Waals surface area contributed by atoms with E-state index in [1.807, 2.05) is 31.2 Å². The van der Waals surface area contributed by atoms with Gasteiger partial charge in [0.25, 0.3) is 0 Å². The quantitative estimate of drug-likeness (QED) is 0.879. The first kappa shape index (κ1) is 15.8. The first-order valence-corrected chi connectivity index (χ1v) is 8.20. The lowest BCUT2D eigenvalue weighted by atomic mass is 10.1. The number of anilines is 1. The Labute approximate surface area is 130 Å². The maximum atomic E-state index is 12.6. The summed E-state index contributed by atoms with van der Waals surface area (Å²) >= 11 is 6.01. The summed E-state index contributed by atoms with van der Waals surface area (Å²) in [7, 11) is -2.12. The van der Waals surface area contributed by atoms with Crippen molar-refractivity contribution in [3.8, 4) is 0 Å². The second-order valence-corrected chi connectivity index (χ2v) is 7.30. The molecule has 21 heavy (non-hydrogen) atoms. The normalized spacial score (nSPS) is 11.8. The number of nitrogen functional groups attached to an aromatic ring is 1. The van der Waals surface area contributed by atoms with Gasteiger partial charge in [-0.2, -0.15) is 4.31 Å². The highest BCUT2D eigenvalue weighted by Crippen LogP contribution is 2.27. The molecular formula is C15H17ClN2O2S. The van der Waals surface area contributed by atoms with Crippen LogP contribution in [-0.4, -0.2) is 19.8 Å². The zero-order valence-electron chi connectivity index (χ0n) is 11.9. The lowest BCUT2D eigenvalue weighted by molar-refractivity contribution is 0.466. The van der Waals surface area contributed by atoms with Crippen LogP contribution in [0.4, 0.5) is 5.69 Å². The average molecular weight is 325 g/mol. The lowest BCUT2D eigenvalue weighted by Gasteiger charge is -2.19. The Morgan fingerprint density at radius 1 is 1.19 bits per heavy atom. The van der Waals surface area contributed by atoms with E-state index in [0.29, 0.717) is 5.69 Å². The molecular weight excluding hydrogens is 308 g/mol. The molecule has 4 nitrogen and oxygen atoms in total. The number of sulfonamides is 1. The number of nitrogens with zero attached hydrogens (tertiary/aromatic N) is 1. The molecule has 0 spiro atoms. The zero-order chi connectivity index (χ0) is 15.6. The number of hydrogen-bond acceptors (Lipinski definition) is 3. The summed E-state index contributed by atoms with van der Waals surface area (Å²) in [6.07, 6.45) is 0. The van der Waals surface area contributed by atoms with Gasteiger partial charge in [0, 0.05) is 19.3 Å². The summed E-state index contributed by atoms with van der Waals surface area (Å²) in [5.41, 5.74) is 8.03. The van der Waals surface area contributed by atoms with Gasteiger partial charge in [-0.15, -0.1) is 0 Å². The summed E-state index contributed by atoms with van der Waals surface area (Å²) in [6, 6.07) is 12.1. The van der Waals surface area contributed by atoms with Crippen LogP contribution in [0.3, 0.4) is 0 Å². The number of nitrogens with two attached hydrogens (primary N) is 1. The molecule has 2 N–H and O–H groups in total. The van der Waals surface area contributed by atoms with Crippen molar-refractivity contribution < 1.29 is 8.42 Å². The van der Waals surface area contributed by atoms with Crippen molar-refractivity contribution in [2.24, 2.45) is 0 Å². The summed E-state index contributed by atoms with van der Waals surface area (Å²) < 4.78 is 26.4. The van der Waals surface area contributed by atoms with Gasteiger partial charge in [0.15, 0.2) is 0 Å². The third-order valence-electron chi connectivity index (χ3n) is 3.30. The van der Waals surface area contributed by atoms with Crippen molar-refractivity contribution in [1.82, 2.24) is 4.31 Å². The molecule has 0 aromatic heterocycles. The van der Waals surface area contributed by atoms with Gasteiger partial charge in [-0.25, -0.2) is 8.42 Å². The maximum Gasteiger partial charge on any atom is 0.244 e. The van der Waals surface area contributed by atoms with Crippen LogP contribution in [-0.2, 0) is 16.6 Å². The largest absolute Gasteiger partial charge is 0.399 e. The van der Waals surface area contributed by atoms with Crippen LogP contribution in [0.15, 0.2) is 47.4 Å². The number of rotatable bonds is 4. The number of hydrogen-bond donors (Lipinski definition) is 1. The van der Waals surface area contributed by atoms with E-state index in [0.717, 1.165) is 11.1 Å². The minimum atomic E-state index is -3.66. The highest BCUT2D eigenvalue weighted by atomic mass is 35.5. The topological polar surface area (TPSA) is 63.4 Å². The van der Waals surface area contributed by atoms with Gasteiger partial charge in [-0.05, 0) is 36.2 Å². The second-order valence-electron chi connectivity index (χ2n) is 4.88. The Morgan fingerprint density at radius 2 is 1.86 bits per heavy atom.